The molecule has 1 unspecified atom stereocenters. The van der Waals surface area contributed by atoms with E-state index in [1.165, 1.54) is 0 Å². The first-order valence-corrected chi connectivity index (χ1v) is 6.20. The van der Waals surface area contributed by atoms with Crippen molar-refractivity contribution in [3.05, 3.63) is 71.8 Å². The molecular formula is C17H18O2. The molecule has 2 heteroatoms. The molecule has 0 amide bonds. The monoisotopic (exact) mass is 254 g/mol. The van der Waals surface area contributed by atoms with Gasteiger partial charge in [-0.3, -0.25) is 0 Å². The van der Waals surface area contributed by atoms with Crippen LogP contribution < -0.4 is 4.74 Å². The van der Waals surface area contributed by atoms with Gasteiger partial charge in [-0.1, -0.05) is 43.0 Å². The second kappa shape index (κ2) is 5.72. The van der Waals surface area contributed by atoms with Gasteiger partial charge in [-0.05, 0) is 41.3 Å². The topological polar surface area (TPSA) is 29.5 Å². The molecule has 0 saturated carbocycles. The number of aliphatic hydroxyl groups excluding tert-OH is 1. The number of hydrogen-bond acceptors (Lipinski definition) is 2. The first-order valence-electron chi connectivity index (χ1n) is 6.20. The Labute approximate surface area is 114 Å². The molecule has 2 aromatic rings. The van der Waals surface area contributed by atoms with Crippen molar-refractivity contribution in [3.8, 4) is 5.75 Å². The van der Waals surface area contributed by atoms with Gasteiger partial charge >= 0.3 is 0 Å². The molecule has 2 aromatic carbocycles. The van der Waals surface area contributed by atoms with Gasteiger partial charge in [-0.25, -0.2) is 0 Å². The van der Waals surface area contributed by atoms with Crippen LogP contribution in [0, 0.1) is 6.92 Å². The molecule has 0 aliphatic heterocycles. The first-order chi connectivity index (χ1) is 9.13. The summed E-state index contributed by atoms with van der Waals surface area (Å²) in [5.74, 6) is 0.731. The minimum atomic E-state index is -0.726. The fraction of sp³-hybridized carbons (Fsp3) is 0.176. The largest absolute Gasteiger partial charge is 0.497 e. The maximum Gasteiger partial charge on any atom is 0.119 e. The van der Waals surface area contributed by atoms with Gasteiger partial charge in [-0.2, -0.15) is 0 Å². The molecule has 0 spiro atoms. The van der Waals surface area contributed by atoms with Crippen molar-refractivity contribution in [2.24, 2.45) is 0 Å². The Morgan fingerprint density at radius 3 is 2.58 bits per heavy atom. The fourth-order valence-electron chi connectivity index (χ4n) is 2.09. The predicted octanol–water partition coefficient (Wildman–Crippen LogP) is 3.75. The Hall–Kier alpha value is -2.06. The molecule has 0 saturated heterocycles. The maximum atomic E-state index is 10.4. The lowest BCUT2D eigenvalue weighted by Crippen LogP contribution is -2.01. The average Bonchev–Trinajstić information content (AvgIpc) is 2.46. The first kappa shape index (κ1) is 13.4. The van der Waals surface area contributed by atoms with Crippen LogP contribution in [0.1, 0.15) is 22.8 Å². The van der Waals surface area contributed by atoms with Crippen molar-refractivity contribution in [2.45, 2.75) is 13.0 Å². The molecule has 2 nitrogen and oxygen atoms in total. The zero-order valence-corrected chi connectivity index (χ0v) is 11.3. The Bertz CT molecular complexity index is 587. The predicted molar refractivity (Wildman–Crippen MR) is 78.2 cm³/mol. The molecule has 1 N–H and O–H groups in total. The van der Waals surface area contributed by atoms with Gasteiger partial charge in [0.2, 0.25) is 0 Å². The van der Waals surface area contributed by atoms with Crippen molar-refractivity contribution in [1.29, 1.82) is 0 Å². The van der Waals surface area contributed by atoms with E-state index in [2.05, 4.69) is 6.58 Å². The summed E-state index contributed by atoms with van der Waals surface area (Å²) >= 11 is 0. The number of aryl methyl sites for hydroxylation is 1. The fourth-order valence-corrected chi connectivity index (χ4v) is 2.09. The number of methoxy groups -OCH3 is 1. The van der Waals surface area contributed by atoms with Gasteiger partial charge in [-0.15, -0.1) is 0 Å². The normalized spacial score (nSPS) is 11.9. The highest BCUT2D eigenvalue weighted by Gasteiger charge is 2.15. The summed E-state index contributed by atoms with van der Waals surface area (Å²) in [4.78, 5) is 0. The lowest BCUT2D eigenvalue weighted by atomic mass is 9.94. The summed E-state index contributed by atoms with van der Waals surface area (Å²) in [5, 5.41) is 10.4. The Morgan fingerprint density at radius 1 is 1.16 bits per heavy atom. The summed E-state index contributed by atoms with van der Waals surface area (Å²) in [6, 6.07) is 15.3. The van der Waals surface area contributed by atoms with Crippen LogP contribution >= 0.6 is 0 Å². The zero-order valence-electron chi connectivity index (χ0n) is 11.3. The molecule has 0 fully saturated rings. The van der Waals surface area contributed by atoms with E-state index in [0.717, 1.165) is 22.4 Å². The smallest absolute Gasteiger partial charge is 0.119 e. The molecule has 0 aliphatic rings. The lowest BCUT2D eigenvalue weighted by molar-refractivity contribution is 0.238. The van der Waals surface area contributed by atoms with Gasteiger partial charge in [0.25, 0.3) is 0 Å². The Morgan fingerprint density at radius 2 is 1.89 bits per heavy atom. The third-order valence-corrected chi connectivity index (χ3v) is 3.23. The van der Waals surface area contributed by atoms with Crippen LogP contribution in [0.5, 0.6) is 5.75 Å². The van der Waals surface area contributed by atoms with E-state index >= 15 is 0 Å². The third-order valence-electron chi connectivity index (χ3n) is 3.23. The number of hydrogen-bond donors (Lipinski definition) is 1. The summed E-state index contributed by atoms with van der Waals surface area (Å²) in [7, 11) is 1.61. The summed E-state index contributed by atoms with van der Waals surface area (Å²) < 4.78 is 5.17. The highest BCUT2D eigenvalue weighted by Crippen LogP contribution is 2.31. The highest BCUT2D eigenvalue weighted by molar-refractivity contribution is 5.70. The lowest BCUT2D eigenvalue weighted by Gasteiger charge is -2.17. The summed E-state index contributed by atoms with van der Waals surface area (Å²) in [6.07, 6.45) is -0.726. The SMILES string of the molecule is C=C(c1ccccc1C)C(O)c1cccc(OC)c1. The van der Waals surface area contributed by atoms with Crippen molar-refractivity contribution in [2.75, 3.05) is 7.11 Å². The van der Waals surface area contributed by atoms with Crippen LogP contribution in [-0.2, 0) is 0 Å². The van der Waals surface area contributed by atoms with Gasteiger partial charge in [0, 0.05) is 0 Å². The molecule has 98 valence electrons. The molecule has 0 radical (unpaired) electrons. The zero-order chi connectivity index (χ0) is 13.8. The summed E-state index contributed by atoms with van der Waals surface area (Å²) in [6.45, 7) is 6.04. The number of aliphatic hydroxyl groups is 1. The van der Waals surface area contributed by atoms with Gasteiger partial charge < -0.3 is 9.84 Å². The van der Waals surface area contributed by atoms with E-state index in [1.807, 2.05) is 55.5 Å². The molecule has 0 aromatic heterocycles. The van der Waals surface area contributed by atoms with E-state index in [9.17, 15) is 5.11 Å². The molecule has 19 heavy (non-hydrogen) atoms. The standard InChI is InChI=1S/C17H18O2/c1-12-7-4-5-10-16(12)13(2)17(18)14-8-6-9-15(11-14)19-3/h4-11,17-18H,2H2,1,3H3. The van der Waals surface area contributed by atoms with Gasteiger partial charge in [0.05, 0.1) is 7.11 Å². The van der Waals surface area contributed by atoms with E-state index in [1.54, 1.807) is 7.11 Å². The van der Waals surface area contributed by atoms with Crippen molar-refractivity contribution in [1.82, 2.24) is 0 Å². The minimum Gasteiger partial charge on any atom is -0.497 e. The second-order valence-corrected chi connectivity index (χ2v) is 4.52. The molecular weight excluding hydrogens is 236 g/mol. The van der Waals surface area contributed by atoms with E-state index in [-0.39, 0.29) is 0 Å². The van der Waals surface area contributed by atoms with Crippen LogP contribution in [-0.4, -0.2) is 12.2 Å². The number of benzene rings is 2. The van der Waals surface area contributed by atoms with Crippen LogP contribution in [0.15, 0.2) is 55.1 Å². The van der Waals surface area contributed by atoms with Gasteiger partial charge in [0.15, 0.2) is 0 Å². The minimum absolute atomic E-state index is 0.700. The molecule has 0 aliphatic carbocycles. The molecule has 0 heterocycles. The summed E-state index contributed by atoms with van der Waals surface area (Å²) in [5.41, 5.74) is 3.58. The van der Waals surface area contributed by atoms with Crippen molar-refractivity contribution in [3.63, 3.8) is 0 Å². The van der Waals surface area contributed by atoms with E-state index in [4.69, 9.17) is 4.74 Å². The quantitative estimate of drug-likeness (QED) is 0.900. The molecule has 2 rings (SSSR count). The van der Waals surface area contributed by atoms with Crippen LogP contribution in [0.2, 0.25) is 0 Å². The van der Waals surface area contributed by atoms with E-state index in [0.29, 0.717) is 5.57 Å². The second-order valence-electron chi connectivity index (χ2n) is 4.52. The highest BCUT2D eigenvalue weighted by atomic mass is 16.5. The van der Waals surface area contributed by atoms with Crippen LogP contribution in [0.4, 0.5) is 0 Å². The third kappa shape index (κ3) is 2.85. The number of rotatable bonds is 4. The van der Waals surface area contributed by atoms with Crippen LogP contribution in [0.25, 0.3) is 5.57 Å². The molecule has 0 bridgehead atoms. The number of ether oxygens (including phenoxy) is 1. The van der Waals surface area contributed by atoms with E-state index < -0.39 is 6.10 Å². The van der Waals surface area contributed by atoms with Gasteiger partial charge in [0.1, 0.15) is 11.9 Å². The Balaban J connectivity index is 2.31. The van der Waals surface area contributed by atoms with Crippen molar-refractivity contribution < 1.29 is 9.84 Å². The maximum absolute atomic E-state index is 10.4. The Kier molecular flexibility index (Phi) is 4.03. The van der Waals surface area contributed by atoms with Crippen LogP contribution in [0.3, 0.4) is 0 Å². The van der Waals surface area contributed by atoms with Crippen molar-refractivity contribution >= 4 is 5.57 Å². The molecule has 1 atom stereocenters. The average molecular weight is 254 g/mol.